The highest BCUT2D eigenvalue weighted by Crippen LogP contribution is 2.27. The highest BCUT2D eigenvalue weighted by Gasteiger charge is 2.28. The van der Waals surface area contributed by atoms with Crippen LogP contribution in [0.2, 0.25) is 0 Å². The average Bonchev–Trinajstić information content (AvgIpc) is 3.41. The van der Waals surface area contributed by atoms with Crippen LogP contribution in [0.3, 0.4) is 0 Å². The van der Waals surface area contributed by atoms with Crippen molar-refractivity contribution in [2.24, 2.45) is 5.73 Å². The number of ether oxygens (including phenoxy) is 1. The van der Waals surface area contributed by atoms with Crippen molar-refractivity contribution in [1.82, 2.24) is 14.7 Å². The number of nitrogens with two attached hydrogens (primary N) is 1. The second kappa shape index (κ2) is 9.78. The number of carbonyl (C=O) groups is 1. The smallest absolute Gasteiger partial charge is 0.227 e. The maximum atomic E-state index is 13.0. The molecule has 0 spiro atoms. The Balaban J connectivity index is 0.00000256. The summed E-state index contributed by atoms with van der Waals surface area (Å²) in [5.74, 6) is 0.900. The molecule has 0 aliphatic carbocycles. The standard InChI is InChI=1S/C23H26N4O2.ClH/c1-29-21-11-9-17(10-12-21)23-18(14-22(28)26-13-5-8-20(26)15-24)16-27(25-23)19-6-3-2-4-7-19;/h2-4,6-7,9-12,16,20H,5,8,13-15,24H2,1H3;1H. The van der Waals surface area contributed by atoms with Crippen LogP contribution in [0.5, 0.6) is 5.75 Å². The van der Waals surface area contributed by atoms with Gasteiger partial charge in [0.05, 0.1) is 24.9 Å². The third-order valence-corrected chi connectivity index (χ3v) is 5.49. The lowest BCUT2D eigenvalue weighted by Crippen LogP contribution is -2.40. The van der Waals surface area contributed by atoms with Gasteiger partial charge in [-0.2, -0.15) is 5.10 Å². The van der Waals surface area contributed by atoms with Crippen molar-refractivity contribution >= 4 is 18.3 Å². The van der Waals surface area contributed by atoms with E-state index in [-0.39, 0.29) is 24.4 Å². The molecule has 0 bridgehead atoms. The summed E-state index contributed by atoms with van der Waals surface area (Å²) in [4.78, 5) is 15.0. The summed E-state index contributed by atoms with van der Waals surface area (Å²) in [6.07, 6.45) is 4.27. The number of benzene rings is 2. The van der Waals surface area contributed by atoms with Gasteiger partial charge in [-0.15, -0.1) is 12.4 Å². The molecule has 6 nitrogen and oxygen atoms in total. The van der Waals surface area contributed by atoms with Crippen molar-refractivity contribution in [3.63, 3.8) is 0 Å². The second-order valence-electron chi connectivity index (χ2n) is 7.31. The third-order valence-electron chi connectivity index (χ3n) is 5.49. The average molecular weight is 427 g/mol. The Bertz CT molecular complexity index is 973. The molecule has 1 aliphatic rings. The van der Waals surface area contributed by atoms with Gasteiger partial charge in [-0.1, -0.05) is 18.2 Å². The van der Waals surface area contributed by atoms with Crippen LogP contribution in [-0.2, 0) is 11.2 Å². The van der Waals surface area contributed by atoms with Crippen molar-refractivity contribution in [2.45, 2.75) is 25.3 Å². The quantitative estimate of drug-likeness (QED) is 0.655. The van der Waals surface area contributed by atoms with Gasteiger partial charge < -0.3 is 15.4 Å². The summed E-state index contributed by atoms with van der Waals surface area (Å²) in [5, 5.41) is 4.81. The van der Waals surface area contributed by atoms with Gasteiger partial charge in [-0.3, -0.25) is 4.79 Å². The molecule has 7 heteroatoms. The summed E-state index contributed by atoms with van der Waals surface area (Å²) >= 11 is 0. The Morgan fingerprint density at radius 2 is 1.90 bits per heavy atom. The molecule has 4 rings (SSSR count). The van der Waals surface area contributed by atoms with E-state index in [9.17, 15) is 4.79 Å². The fourth-order valence-electron chi connectivity index (χ4n) is 3.92. The number of methoxy groups -OCH3 is 1. The molecule has 0 radical (unpaired) electrons. The van der Waals surface area contributed by atoms with Crippen LogP contribution in [0.15, 0.2) is 60.8 Å². The topological polar surface area (TPSA) is 73.4 Å². The van der Waals surface area contributed by atoms with Crippen molar-refractivity contribution in [3.05, 3.63) is 66.4 Å². The van der Waals surface area contributed by atoms with E-state index in [2.05, 4.69) is 0 Å². The van der Waals surface area contributed by atoms with E-state index in [1.165, 1.54) is 0 Å². The van der Waals surface area contributed by atoms with Gasteiger partial charge in [-0.25, -0.2) is 4.68 Å². The minimum Gasteiger partial charge on any atom is -0.497 e. The molecule has 2 N–H and O–H groups in total. The molecule has 2 heterocycles. The van der Waals surface area contributed by atoms with Gasteiger partial charge in [0.25, 0.3) is 0 Å². The first-order valence-electron chi connectivity index (χ1n) is 9.97. The number of rotatable bonds is 6. The predicted octanol–water partition coefficient (Wildman–Crippen LogP) is 3.46. The van der Waals surface area contributed by atoms with Crippen LogP contribution in [0.25, 0.3) is 16.9 Å². The Kier molecular flexibility index (Phi) is 7.13. The molecule has 158 valence electrons. The Labute approximate surface area is 183 Å². The van der Waals surface area contributed by atoms with Gasteiger partial charge in [0.2, 0.25) is 5.91 Å². The highest BCUT2D eigenvalue weighted by molar-refractivity contribution is 5.85. The molecule has 1 aliphatic heterocycles. The largest absolute Gasteiger partial charge is 0.497 e. The van der Waals surface area contributed by atoms with Gasteiger partial charge in [0.15, 0.2) is 0 Å². The van der Waals surface area contributed by atoms with E-state index < -0.39 is 0 Å². The third kappa shape index (κ3) is 4.50. The number of carbonyl (C=O) groups excluding carboxylic acids is 1. The molecule has 1 fully saturated rings. The number of likely N-dealkylation sites (tertiary alicyclic amines) is 1. The molecule has 2 aromatic carbocycles. The number of para-hydroxylation sites is 1. The fourth-order valence-corrected chi connectivity index (χ4v) is 3.92. The molecule has 1 amide bonds. The predicted molar refractivity (Wildman–Crippen MR) is 120 cm³/mol. The SMILES string of the molecule is COc1ccc(-c2nn(-c3ccccc3)cc2CC(=O)N2CCCC2CN)cc1.Cl. The zero-order valence-corrected chi connectivity index (χ0v) is 17.8. The first-order chi connectivity index (χ1) is 14.2. The van der Waals surface area contributed by atoms with E-state index >= 15 is 0 Å². The van der Waals surface area contributed by atoms with Crippen molar-refractivity contribution in [1.29, 1.82) is 0 Å². The summed E-state index contributed by atoms with van der Waals surface area (Å²) in [7, 11) is 1.65. The number of amides is 1. The monoisotopic (exact) mass is 426 g/mol. The van der Waals surface area contributed by atoms with Crippen molar-refractivity contribution in [3.8, 4) is 22.7 Å². The lowest BCUT2D eigenvalue weighted by molar-refractivity contribution is -0.131. The number of aromatic nitrogens is 2. The lowest BCUT2D eigenvalue weighted by atomic mass is 10.1. The van der Waals surface area contributed by atoms with Gasteiger partial charge in [0, 0.05) is 36.5 Å². The molecule has 1 aromatic heterocycles. The fraction of sp³-hybridized carbons (Fsp3) is 0.304. The minimum absolute atomic E-state index is 0. The lowest BCUT2D eigenvalue weighted by Gasteiger charge is -2.23. The maximum Gasteiger partial charge on any atom is 0.227 e. The minimum atomic E-state index is 0. The van der Waals surface area contributed by atoms with Gasteiger partial charge in [0.1, 0.15) is 5.75 Å². The second-order valence-corrected chi connectivity index (χ2v) is 7.31. The van der Waals surface area contributed by atoms with E-state index in [4.69, 9.17) is 15.6 Å². The molecule has 3 aromatic rings. The molecule has 1 atom stereocenters. The van der Waals surface area contributed by atoms with Crippen LogP contribution < -0.4 is 10.5 Å². The molecular weight excluding hydrogens is 400 g/mol. The van der Waals surface area contributed by atoms with E-state index in [1.807, 2.05) is 70.4 Å². The Morgan fingerprint density at radius 3 is 2.57 bits per heavy atom. The van der Waals surface area contributed by atoms with Gasteiger partial charge >= 0.3 is 0 Å². The first kappa shape index (κ1) is 21.9. The summed E-state index contributed by atoms with van der Waals surface area (Å²) < 4.78 is 7.11. The zero-order chi connectivity index (χ0) is 20.2. The van der Waals surface area contributed by atoms with Crippen LogP contribution in [0, 0.1) is 0 Å². The molecule has 0 saturated carbocycles. The van der Waals surface area contributed by atoms with Crippen molar-refractivity contribution in [2.75, 3.05) is 20.2 Å². The van der Waals surface area contributed by atoms with Crippen LogP contribution in [0.1, 0.15) is 18.4 Å². The summed E-state index contributed by atoms with van der Waals surface area (Å²) in [6, 6.07) is 17.9. The summed E-state index contributed by atoms with van der Waals surface area (Å²) in [6.45, 7) is 1.30. The first-order valence-corrected chi connectivity index (χ1v) is 9.97. The molecular formula is C23H27ClN4O2. The number of nitrogens with zero attached hydrogens (tertiary/aromatic N) is 3. The molecule has 30 heavy (non-hydrogen) atoms. The number of halogens is 1. The normalized spacial score (nSPS) is 15.7. The van der Waals surface area contributed by atoms with E-state index in [1.54, 1.807) is 7.11 Å². The zero-order valence-electron chi connectivity index (χ0n) is 17.0. The Morgan fingerprint density at radius 1 is 1.17 bits per heavy atom. The van der Waals surface area contributed by atoms with Crippen LogP contribution >= 0.6 is 12.4 Å². The van der Waals surface area contributed by atoms with E-state index in [0.717, 1.165) is 47.6 Å². The van der Waals surface area contributed by atoms with Crippen molar-refractivity contribution < 1.29 is 9.53 Å². The highest BCUT2D eigenvalue weighted by atomic mass is 35.5. The van der Waals surface area contributed by atoms with Crippen LogP contribution in [0.4, 0.5) is 0 Å². The van der Waals surface area contributed by atoms with Crippen LogP contribution in [-0.4, -0.2) is 46.8 Å². The molecule has 1 saturated heterocycles. The van der Waals surface area contributed by atoms with E-state index in [0.29, 0.717) is 13.0 Å². The molecule has 1 unspecified atom stereocenters. The maximum absolute atomic E-state index is 13.0. The Hall–Kier alpha value is -2.83. The number of hydrogen-bond acceptors (Lipinski definition) is 4. The van der Waals surface area contributed by atoms with Gasteiger partial charge in [-0.05, 0) is 49.2 Å². The summed E-state index contributed by atoms with van der Waals surface area (Å²) in [5.41, 5.74) is 9.50. The number of hydrogen-bond donors (Lipinski definition) is 1.